The third kappa shape index (κ3) is 3.01. The van der Waals surface area contributed by atoms with Crippen LogP contribution in [0.3, 0.4) is 0 Å². The number of nitrogens with zero attached hydrogens (tertiary/aromatic N) is 2. The SMILES string of the molecule is COc1ccc([C@@H](C(C)C)N2CC(O)=C(c3nc4ccccc4[nH]3)C2=N)cc1. The number of nitrogens with one attached hydrogen (secondary N) is 2. The van der Waals surface area contributed by atoms with E-state index in [1.165, 1.54) is 0 Å². The Bertz CT molecular complexity index is 1020. The van der Waals surface area contributed by atoms with Gasteiger partial charge in [0.2, 0.25) is 0 Å². The second kappa shape index (κ2) is 7.03. The Morgan fingerprint density at radius 2 is 1.86 bits per heavy atom. The first kappa shape index (κ1) is 18.1. The Kier molecular flexibility index (Phi) is 4.55. The van der Waals surface area contributed by atoms with Crippen LogP contribution >= 0.6 is 0 Å². The molecule has 0 saturated heterocycles. The number of rotatable bonds is 5. The fraction of sp³-hybridized carbons (Fsp3) is 0.273. The zero-order valence-electron chi connectivity index (χ0n) is 16.2. The molecule has 0 spiro atoms. The van der Waals surface area contributed by atoms with Gasteiger partial charge in [0.05, 0.1) is 36.3 Å². The third-order valence-electron chi connectivity index (χ3n) is 5.18. The maximum Gasteiger partial charge on any atom is 0.145 e. The Balaban J connectivity index is 1.68. The predicted octanol–water partition coefficient (Wildman–Crippen LogP) is 4.53. The summed E-state index contributed by atoms with van der Waals surface area (Å²) in [6.07, 6.45) is 0. The lowest BCUT2D eigenvalue weighted by molar-refractivity contribution is 0.247. The lowest BCUT2D eigenvalue weighted by atomic mass is 9.94. The number of benzene rings is 2. The van der Waals surface area contributed by atoms with E-state index in [2.05, 4.69) is 23.8 Å². The van der Waals surface area contributed by atoms with Crippen LogP contribution in [0.5, 0.6) is 5.75 Å². The van der Waals surface area contributed by atoms with Crippen LogP contribution in [-0.2, 0) is 0 Å². The topological polar surface area (TPSA) is 85.2 Å². The van der Waals surface area contributed by atoms with Gasteiger partial charge < -0.3 is 19.7 Å². The first-order valence-corrected chi connectivity index (χ1v) is 9.36. The van der Waals surface area contributed by atoms with Gasteiger partial charge in [-0.2, -0.15) is 0 Å². The Hall–Kier alpha value is -3.28. The van der Waals surface area contributed by atoms with Gasteiger partial charge in [-0.05, 0) is 35.7 Å². The molecule has 4 rings (SSSR count). The molecule has 6 heteroatoms. The number of hydrogen-bond donors (Lipinski definition) is 3. The van der Waals surface area contributed by atoms with Gasteiger partial charge in [0.25, 0.3) is 0 Å². The molecule has 2 aromatic carbocycles. The minimum absolute atomic E-state index is 0.0394. The van der Waals surface area contributed by atoms with E-state index in [0.29, 0.717) is 17.9 Å². The van der Waals surface area contributed by atoms with Crippen LogP contribution in [0.25, 0.3) is 16.6 Å². The van der Waals surface area contributed by atoms with Crippen molar-refractivity contribution in [2.24, 2.45) is 5.92 Å². The standard InChI is InChI=1S/C22H24N4O2/c1-13(2)20(14-8-10-15(28-3)11-9-14)26-12-18(27)19(21(26)23)22-24-16-6-4-5-7-17(16)25-22/h4-11,13,20,23,27H,12H2,1-3H3,(H,24,25)/t20-/m1/s1. The van der Waals surface area contributed by atoms with E-state index in [1.807, 2.05) is 53.4 Å². The Morgan fingerprint density at radius 1 is 1.14 bits per heavy atom. The van der Waals surface area contributed by atoms with Crippen LogP contribution < -0.4 is 4.74 Å². The summed E-state index contributed by atoms with van der Waals surface area (Å²) in [6.45, 7) is 4.54. The molecule has 0 amide bonds. The number of hydrogen-bond acceptors (Lipinski definition) is 4. The summed E-state index contributed by atoms with van der Waals surface area (Å²) in [7, 11) is 1.65. The molecule has 1 aliphatic heterocycles. The fourth-order valence-corrected chi connectivity index (χ4v) is 3.88. The van der Waals surface area contributed by atoms with E-state index >= 15 is 0 Å². The van der Waals surface area contributed by atoms with E-state index in [9.17, 15) is 5.11 Å². The Labute approximate surface area is 164 Å². The fourth-order valence-electron chi connectivity index (χ4n) is 3.88. The summed E-state index contributed by atoms with van der Waals surface area (Å²) < 4.78 is 5.26. The molecule has 3 aromatic rings. The van der Waals surface area contributed by atoms with Crippen molar-refractivity contribution < 1.29 is 9.84 Å². The molecule has 1 aromatic heterocycles. The van der Waals surface area contributed by atoms with Gasteiger partial charge in [0.1, 0.15) is 23.2 Å². The molecule has 0 radical (unpaired) electrons. The van der Waals surface area contributed by atoms with Crippen molar-refractivity contribution in [2.75, 3.05) is 13.7 Å². The molecule has 0 aliphatic carbocycles. The number of imidazole rings is 1. The molecule has 2 heterocycles. The van der Waals surface area contributed by atoms with E-state index in [-0.39, 0.29) is 23.6 Å². The summed E-state index contributed by atoms with van der Waals surface area (Å²) in [5, 5.41) is 19.5. The highest BCUT2D eigenvalue weighted by molar-refractivity contribution is 6.23. The highest BCUT2D eigenvalue weighted by atomic mass is 16.5. The Morgan fingerprint density at radius 3 is 2.50 bits per heavy atom. The average Bonchev–Trinajstić information content (AvgIpc) is 3.22. The number of methoxy groups -OCH3 is 1. The number of ether oxygens (including phenoxy) is 1. The summed E-state index contributed by atoms with van der Waals surface area (Å²) in [6, 6.07) is 15.6. The molecule has 3 N–H and O–H groups in total. The summed E-state index contributed by atoms with van der Waals surface area (Å²) in [5.41, 5.74) is 3.26. The van der Waals surface area contributed by atoms with Gasteiger partial charge in [0, 0.05) is 0 Å². The van der Waals surface area contributed by atoms with Gasteiger partial charge in [-0.25, -0.2) is 4.98 Å². The lowest BCUT2D eigenvalue weighted by Gasteiger charge is -2.33. The average molecular weight is 376 g/mol. The number of aliphatic hydroxyl groups excluding tert-OH is 1. The van der Waals surface area contributed by atoms with Crippen molar-refractivity contribution in [1.29, 1.82) is 5.41 Å². The summed E-state index contributed by atoms with van der Waals surface area (Å²) in [4.78, 5) is 9.74. The number of amidine groups is 1. The third-order valence-corrected chi connectivity index (χ3v) is 5.18. The second-order valence-electron chi connectivity index (χ2n) is 7.36. The number of aromatic amines is 1. The minimum Gasteiger partial charge on any atom is -0.510 e. The number of aromatic nitrogens is 2. The van der Waals surface area contributed by atoms with Gasteiger partial charge in [-0.15, -0.1) is 0 Å². The van der Waals surface area contributed by atoms with Crippen molar-refractivity contribution >= 4 is 22.4 Å². The summed E-state index contributed by atoms with van der Waals surface area (Å²) in [5.74, 6) is 2.03. The van der Waals surface area contributed by atoms with Crippen LogP contribution in [0.2, 0.25) is 0 Å². The minimum atomic E-state index is -0.0394. The molecule has 0 unspecified atom stereocenters. The van der Waals surface area contributed by atoms with Crippen LogP contribution in [0, 0.1) is 11.3 Å². The number of aliphatic hydroxyl groups is 1. The zero-order valence-corrected chi connectivity index (χ0v) is 16.2. The van der Waals surface area contributed by atoms with Crippen molar-refractivity contribution in [3.8, 4) is 5.75 Å². The van der Waals surface area contributed by atoms with E-state index in [1.54, 1.807) is 7.11 Å². The molecule has 1 atom stereocenters. The van der Waals surface area contributed by atoms with Crippen LogP contribution in [0.4, 0.5) is 0 Å². The maximum atomic E-state index is 10.7. The van der Waals surface area contributed by atoms with Crippen molar-refractivity contribution in [1.82, 2.24) is 14.9 Å². The largest absolute Gasteiger partial charge is 0.510 e. The number of H-pyrrole nitrogens is 1. The molecule has 6 nitrogen and oxygen atoms in total. The molecule has 144 valence electrons. The van der Waals surface area contributed by atoms with Crippen LogP contribution in [-0.4, -0.2) is 39.5 Å². The molecule has 28 heavy (non-hydrogen) atoms. The molecule has 0 saturated carbocycles. The van der Waals surface area contributed by atoms with E-state index in [4.69, 9.17) is 10.1 Å². The maximum absolute atomic E-state index is 10.7. The number of para-hydroxylation sites is 2. The first-order valence-electron chi connectivity index (χ1n) is 9.36. The molecule has 1 aliphatic rings. The first-order chi connectivity index (χ1) is 13.5. The quantitative estimate of drug-likeness (QED) is 0.611. The van der Waals surface area contributed by atoms with E-state index < -0.39 is 0 Å². The molecular weight excluding hydrogens is 352 g/mol. The van der Waals surface area contributed by atoms with Gasteiger partial charge >= 0.3 is 0 Å². The van der Waals surface area contributed by atoms with Gasteiger partial charge in [-0.3, -0.25) is 5.41 Å². The van der Waals surface area contributed by atoms with E-state index in [0.717, 1.165) is 22.3 Å². The smallest absolute Gasteiger partial charge is 0.145 e. The highest BCUT2D eigenvalue weighted by Gasteiger charge is 2.36. The lowest BCUT2D eigenvalue weighted by Crippen LogP contribution is -2.34. The second-order valence-corrected chi connectivity index (χ2v) is 7.36. The summed E-state index contributed by atoms with van der Waals surface area (Å²) >= 11 is 0. The zero-order chi connectivity index (χ0) is 19.8. The number of fused-ring (bicyclic) bond motifs is 1. The molecule has 0 fully saturated rings. The normalized spacial score (nSPS) is 15.7. The molecule has 0 bridgehead atoms. The van der Waals surface area contributed by atoms with Crippen molar-refractivity contribution in [3.63, 3.8) is 0 Å². The highest BCUT2D eigenvalue weighted by Crippen LogP contribution is 2.37. The monoisotopic (exact) mass is 376 g/mol. The van der Waals surface area contributed by atoms with Gasteiger partial charge in [-0.1, -0.05) is 38.1 Å². The van der Waals surface area contributed by atoms with Crippen molar-refractivity contribution in [3.05, 3.63) is 65.7 Å². The molecular formula is C22H24N4O2. The van der Waals surface area contributed by atoms with Crippen molar-refractivity contribution in [2.45, 2.75) is 19.9 Å². The van der Waals surface area contributed by atoms with Crippen LogP contribution in [0.15, 0.2) is 54.3 Å². The predicted molar refractivity (Wildman–Crippen MR) is 111 cm³/mol. The van der Waals surface area contributed by atoms with Crippen LogP contribution in [0.1, 0.15) is 31.3 Å². The van der Waals surface area contributed by atoms with Gasteiger partial charge in [0.15, 0.2) is 0 Å².